The zero-order valence-corrected chi connectivity index (χ0v) is 10.7. The first-order valence-corrected chi connectivity index (χ1v) is 5.93. The number of nitrogens with zero attached hydrogens (tertiary/aromatic N) is 1. The number of nitrogen functional groups attached to an aromatic ring is 2. The Balaban J connectivity index is 2.26. The zero-order chi connectivity index (χ0) is 13.8. The minimum atomic E-state index is -0.749. The molecule has 0 radical (unpaired) electrons. The lowest BCUT2D eigenvalue weighted by Gasteiger charge is -2.16. The van der Waals surface area contributed by atoms with Crippen LogP contribution in [-0.2, 0) is 6.42 Å². The molecule has 1 atom stereocenters. The number of aliphatic hydroxyl groups excluding tert-OH is 1. The van der Waals surface area contributed by atoms with Crippen LogP contribution in [0.3, 0.4) is 0 Å². The Hall–Kier alpha value is -2.27. The summed E-state index contributed by atoms with van der Waals surface area (Å²) in [6, 6.07) is 8.94. The number of nitrogens with two attached hydrogens (primary N) is 2. The van der Waals surface area contributed by atoms with Crippen LogP contribution in [0.5, 0.6) is 5.75 Å². The van der Waals surface area contributed by atoms with Gasteiger partial charge in [-0.15, -0.1) is 0 Å². The number of benzene rings is 1. The molecule has 100 valence electrons. The van der Waals surface area contributed by atoms with E-state index < -0.39 is 6.10 Å². The molecule has 1 aromatic heterocycles. The molecule has 1 heterocycles. The van der Waals surface area contributed by atoms with E-state index in [0.717, 1.165) is 5.56 Å². The molecular formula is C14H17N3O2. The van der Waals surface area contributed by atoms with Crippen molar-refractivity contribution in [2.75, 3.05) is 18.6 Å². The summed E-state index contributed by atoms with van der Waals surface area (Å²) in [5.74, 6) is 0.971. The van der Waals surface area contributed by atoms with Crippen LogP contribution in [0.2, 0.25) is 0 Å². The summed E-state index contributed by atoms with van der Waals surface area (Å²) in [6.07, 6.45) is 1.23. The molecule has 0 amide bonds. The molecule has 0 fully saturated rings. The highest BCUT2D eigenvalue weighted by Crippen LogP contribution is 2.31. The third kappa shape index (κ3) is 2.77. The van der Waals surface area contributed by atoms with Crippen LogP contribution in [0.15, 0.2) is 36.5 Å². The van der Waals surface area contributed by atoms with Crippen molar-refractivity contribution in [3.8, 4) is 5.75 Å². The highest BCUT2D eigenvalue weighted by Gasteiger charge is 2.15. The van der Waals surface area contributed by atoms with E-state index in [0.29, 0.717) is 29.2 Å². The molecular weight excluding hydrogens is 242 g/mol. The molecule has 1 aromatic carbocycles. The van der Waals surface area contributed by atoms with E-state index in [9.17, 15) is 5.11 Å². The molecule has 0 spiro atoms. The van der Waals surface area contributed by atoms with Gasteiger partial charge in [-0.1, -0.05) is 18.2 Å². The Morgan fingerprint density at radius 2 is 2.05 bits per heavy atom. The van der Waals surface area contributed by atoms with Gasteiger partial charge in [-0.25, -0.2) is 4.98 Å². The number of aliphatic hydroxyl groups is 1. The molecule has 0 aliphatic carbocycles. The van der Waals surface area contributed by atoms with Crippen LogP contribution in [0.25, 0.3) is 0 Å². The van der Waals surface area contributed by atoms with Gasteiger partial charge < -0.3 is 21.3 Å². The number of hydrogen-bond donors (Lipinski definition) is 3. The molecule has 1 unspecified atom stereocenters. The molecule has 0 aliphatic rings. The average molecular weight is 259 g/mol. The molecule has 0 bridgehead atoms. The maximum absolute atomic E-state index is 10.3. The third-order valence-corrected chi connectivity index (χ3v) is 3.02. The molecule has 5 N–H and O–H groups in total. The lowest BCUT2D eigenvalue weighted by atomic mass is 10.00. The summed E-state index contributed by atoms with van der Waals surface area (Å²) >= 11 is 0. The Morgan fingerprint density at radius 3 is 2.74 bits per heavy atom. The summed E-state index contributed by atoms with van der Waals surface area (Å²) in [6.45, 7) is 0. The van der Waals surface area contributed by atoms with Crippen LogP contribution >= 0.6 is 0 Å². The number of rotatable bonds is 4. The van der Waals surface area contributed by atoms with Gasteiger partial charge in [0.2, 0.25) is 0 Å². The Bertz CT molecular complexity index is 572. The van der Waals surface area contributed by atoms with Gasteiger partial charge in [-0.3, -0.25) is 0 Å². The number of para-hydroxylation sites is 1. The minimum Gasteiger partial charge on any atom is -0.495 e. The van der Waals surface area contributed by atoms with E-state index in [4.69, 9.17) is 16.2 Å². The topological polar surface area (TPSA) is 94.4 Å². The maximum atomic E-state index is 10.3. The van der Waals surface area contributed by atoms with E-state index in [1.807, 2.05) is 6.07 Å². The second-order valence-electron chi connectivity index (χ2n) is 4.23. The predicted octanol–water partition coefficient (Wildman–Crippen LogP) is 1.53. The number of pyridine rings is 1. The van der Waals surface area contributed by atoms with Crippen molar-refractivity contribution in [1.82, 2.24) is 4.98 Å². The Morgan fingerprint density at radius 1 is 1.26 bits per heavy atom. The highest BCUT2D eigenvalue weighted by molar-refractivity contribution is 5.59. The van der Waals surface area contributed by atoms with E-state index in [2.05, 4.69) is 4.98 Å². The lowest BCUT2D eigenvalue weighted by molar-refractivity contribution is 0.179. The normalized spacial score (nSPS) is 12.1. The third-order valence-electron chi connectivity index (χ3n) is 3.02. The van der Waals surface area contributed by atoms with Crippen LogP contribution in [0.4, 0.5) is 11.5 Å². The van der Waals surface area contributed by atoms with Gasteiger partial charge in [0.15, 0.2) is 0 Å². The minimum absolute atomic E-state index is 0.358. The van der Waals surface area contributed by atoms with Crippen LogP contribution < -0.4 is 16.2 Å². The van der Waals surface area contributed by atoms with E-state index >= 15 is 0 Å². The summed E-state index contributed by atoms with van der Waals surface area (Å²) < 4.78 is 5.14. The standard InChI is InChI=1S/C14H17N3O2/c1-19-12-6-2-5-10(13(12)15)11(18)8-9-4-3-7-17-14(9)16/h2-7,11,18H,8,15H2,1H3,(H2,16,17). The van der Waals surface area contributed by atoms with E-state index in [-0.39, 0.29) is 0 Å². The van der Waals surface area contributed by atoms with Gasteiger partial charge in [-0.05, 0) is 17.7 Å². The van der Waals surface area contributed by atoms with E-state index in [1.165, 1.54) is 0 Å². The van der Waals surface area contributed by atoms with Gasteiger partial charge in [0.1, 0.15) is 11.6 Å². The quantitative estimate of drug-likeness (QED) is 0.724. The number of methoxy groups -OCH3 is 1. The highest BCUT2D eigenvalue weighted by atomic mass is 16.5. The molecule has 0 saturated carbocycles. The second-order valence-corrected chi connectivity index (χ2v) is 4.23. The largest absolute Gasteiger partial charge is 0.495 e. The zero-order valence-electron chi connectivity index (χ0n) is 10.7. The number of hydrogen-bond acceptors (Lipinski definition) is 5. The van der Waals surface area contributed by atoms with Crippen molar-refractivity contribution in [3.63, 3.8) is 0 Å². The van der Waals surface area contributed by atoms with Crippen LogP contribution in [0.1, 0.15) is 17.2 Å². The molecule has 2 rings (SSSR count). The molecule has 0 aliphatic heterocycles. The van der Waals surface area contributed by atoms with Gasteiger partial charge in [0, 0.05) is 18.2 Å². The molecule has 5 heteroatoms. The maximum Gasteiger partial charge on any atom is 0.142 e. The van der Waals surface area contributed by atoms with Crippen molar-refractivity contribution in [2.24, 2.45) is 0 Å². The average Bonchev–Trinajstić information content (AvgIpc) is 2.41. The van der Waals surface area contributed by atoms with Crippen LogP contribution in [-0.4, -0.2) is 17.2 Å². The van der Waals surface area contributed by atoms with Gasteiger partial charge in [0.05, 0.1) is 18.9 Å². The predicted molar refractivity (Wildman–Crippen MR) is 74.7 cm³/mol. The summed E-state index contributed by atoms with van der Waals surface area (Å²) in [7, 11) is 1.54. The first-order chi connectivity index (χ1) is 9.13. The summed E-state index contributed by atoms with van der Waals surface area (Å²) in [4.78, 5) is 3.99. The number of ether oxygens (including phenoxy) is 1. The summed E-state index contributed by atoms with van der Waals surface area (Å²) in [5.41, 5.74) is 13.6. The molecule has 0 saturated heterocycles. The SMILES string of the molecule is COc1cccc(C(O)Cc2cccnc2N)c1N. The van der Waals surface area contributed by atoms with Gasteiger partial charge >= 0.3 is 0 Å². The van der Waals surface area contributed by atoms with E-state index in [1.54, 1.807) is 37.6 Å². The molecule has 2 aromatic rings. The lowest BCUT2D eigenvalue weighted by Crippen LogP contribution is -2.08. The van der Waals surface area contributed by atoms with Crippen molar-refractivity contribution >= 4 is 11.5 Å². The second kappa shape index (κ2) is 5.58. The van der Waals surface area contributed by atoms with Crippen molar-refractivity contribution in [1.29, 1.82) is 0 Å². The van der Waals surface area contributed by atoms with Gasteiger partial charge in [-0.2, -0.15) is 0 Å². The first kappa shape index (κ1) is 13.2. The molecule has 19 heavy (non-hydrogen) atoms. The Labute approximate surface area is 111 Å². The first-order valence-electron chi connectivity index (χ1n) is 5.93. The van der Waals surface area contributed by atoms with Gasteiger partial charge in [0.25, 0.3) is 0 Å². The Kier molecular flexibility index (Phi) is 3.87. The molecule has 5 nitrogen and oxygen atoms in total. The smallest absolute Gasteiger partial charge is 0.142 e. The fourth-order valence-electron chi connectivity index (χ4n) is 1.97. The fourth-order valence-corrected chi connectivity index (χ4v) is 1.97. The van der Waals surface area contributed by atoms with Crippen LogP contribution in [0, 0.1) is 0 Å². The van der Waals surface area contributed by atoms with Crippen molar-refractivity contribution < 1.29 is 9.84 Å². The number of aromatic nitrogens is 1. The van der Waals surface area contributed by atoms with Crippen molar-refractivity contribution in [3.05, 3.63) is 47.7 Å². The van der Waals surface area contributed by atoms with Crippen molar-refractivity contribution in [2.45, 2.75) is 12.5 Å². The monoisotopic (exact) mass is 259 g/mol. The summed E-state index contributed by atoms with van der Waals surface area (Å²) in [5, 5.41) is 10.3. The fraction of sp³-hybridized carbons (Fsp3) is 0.214. The number of anilines is 2.